The molecule has 0 aromatic carbocycles. The molecule has 104 valence electrons. The highest BCUT2D eigenvalue weighted by Crippen LogP contribution is 2.06. The van der Waals surface area contributed by atoms with Crippen LogP contribution in [0, 0.1) is 5.92 Å². The lowest BCUT2D eigenvalue weighted by molar-refractivity contribution is 0.457. The summed E-state index contributed by atoms with van der Waals surface area (Å²) >= 11 is 0. The van der Waals surface area contributed by atoms with Crippen molar-refractivity contribution in [3.63, 3.8) is 0 Å². The summed E-state index contributed by atoms with van der Waals surface area (Å²) in [7, 11) is 0. The first kappa shape index (κ1) is 13.6. The molecule has 0 saturated heterocycles. The molecule has 2 aromatic heterocycles. The zero-order chi connectivity index (χ0) is 13.5. The molecule has 0 aliphatic rings. The van der Waals surface area contributed by atoms with Gasteiger partial charge in [-0.05, 0) is 24.6 Å². The van der Waals surface area contributed by atoms with E-state index in [0.717, 1.165) is 18.7 Å². The number of furan rings is 1. The Morgan fingerprint density at radius 3 is 2.95 bits per heavy atom. The van der Waals surface area contributed by atoms with E-state index in [4.69, 9.17) is 8.83 Å². The van der Waals surface area contributed by atoms with Crippen LogP contribution in [0.2, 0.25) is 0 Å². The molecule has 0 unspecified atom stereocenters. The van der Waals surface area contributed by atoms with Crippen molar-refractivity contribution in [2.75, 3.05) is 18.4 Å². The van der Waals surface area contributed by atoms with Gasteiger partial charge in [0, 0.05) is 13.0 Å². The van der Waals surface area contributed by atoms with E-state index < -0.39 is 0 Å². The predicted octanol–water partition coefficient (Wildman–Crippen LogP) is 2.06. The molecule has 6 nitrogen and oxygen atoms in total. The lowest BCUT2D eigenvalue weighted by atomic mass is 10.2. The van der Waals surface area contributed by atoms with Crippen LogP contribution in [-0.4, -0.2) is 23.3 Å². The number of rotatable bonds is 8. The second-order valence-electron chi connectivity index (χ2n) is 4.78. The van der Waals surface area contributed by atoms with E-state index in [2.05, 4.69) is 34.7 Å². The minimum Gasteiger partial charge on any atom is -0.469 e. The first-order valence-corrected chi connectivity index (χ1v) is 6.53. The molecule has 19 heavy (non-hydrogen) atoms. The van der Waals surface area contributed by atoms with Crippen molar-refractivity contribution < 1.29 is 8.83 Å². The molecule has 0 bridgehead atoms. The highest BCUT2D eigenvalue weighted by atomic mass is 16.4. The van der Waals surface area contributed by atoms with Gasteiger partial charge in [-0.3, -0.25) is 0 Å². The van der Waals surface area contributed by atoms with E-state index in [9.17, 15) is 0 Å². The Morgan fingerprint density at radius 2 is 2.21 bits per heavy atom. The molecule has 0 fully saturated rings. The zero-order valence-corrected chi connectivity index (χ0v) is 11.3. The lowest BCUT2D eigenvalue weighted by Crippen LogP contribution is -2.19. The average Bonchev–Trinajstić information content (AvgIpc) is 3.00. The van der Waals surface area contributed by atoms with Gasteiger partial charge in [0.15, 0.2) is 0 Å². The fourth-order valence-corrected chi connectivity index (χ4v) is 1.61. The van der Waals surface area contributed by atoms with Crippen LogP contribution in [0.3, 0.4) is 0 Å². The van der Waals surface area contributed by atoms with Crippen molar-refractivity contribution in [1.29, 1.82) is 0 Å². The van der Waals surface area contributed by atoms with Crippen molar-refractivity contribution in [2.45, 2.75) is 26.8 Å². The van der Waals surface area contributed by atoms with Gasteiger partial charge in [0.25, 0.3) is 0 Å². The van der Waals surface area contributed by atoms with E-state index in [1.807, 2.05) is 12.1 Å². The molecule has 2 aromatic rings. The first-order chi connectivity index (χ1) is 9.24. The van der Waals surface area contributed by atoms with Crippen molar-refractivity contribution in [3.8, 4) is 0 Å². The molecule has 0 spiro atoms. The number of anilines is 1. The maximum atomic E-state index is 5.46. The van der Waals surface area contributed by atoms with E-state index in [1.165, 1.54) is 0 Å². The van der Waals surface area contributed by atoms with Crippen molar-refractivity contribution >= 4 is 6.01 Å². The van der Waals surface area contributed by atoms with Crippen molar-refractivity contribution in [3.05, 3.63) is 30.0 Å². The highest BCUT2D eigenvalue weighted by molar-refractivity contribution is 5.17. The van der Waals surface area contributed by atoms with Gasteiger partial charge in [0.05, 0.1) is 12.8 Å². The summed E-state index contributed by atoms with van der Waals surface area (Å²) in [6.07, 6.45) is 2.46. The Balaban J connectivity index is 1.68. The number of nitrogens with one attached hydrogen (secondary N) is 2. The number of aromatic nitrogens is 2. The molecule has 0 radical (unpaired) electrons. The summed E-state index contributed by atoms with van der Waals surface area (Å²) < 4.78 is 10.7. The van der Waals surface area contributed by atoms with Crippen LogP contribution in [-0.2, 0) is 13.0 Å². The standard InChI is InChI=1S/C13H20N4O2/c1-10(2)8-14-9-12-16-17-13(19-12)15-6-5-11-4-3-7-18-11/h3-4,7,10,14H,5-6,8-9H2,1-2H3,(H,15,17). The smallest absolute Gasteiger partial charge is 0.315 e. The number of hydrogen-bond donors (Lipinski definition) is 2. The molecule has 2 rings (SSSR count). The highest BCUT2D eigenvalue weighted by Gasteiger charge is 2.05. The fraction of sp³-hybridized carbons (Fsp3) is 0.538. The second-order valence-corrected chi connectivity index (χ2v) is 4.78. The Kier molecular flexibility index (Phi) is 4.97. The monoisotopic (exact) mass is 264 g/mol. The third-order valence-corrected chi connectivity index (χ3v) is 2.52. The lowest BCUT2D eigenvalue weighted by Gasteiger charge is -2.03. The summed E-state index contributed by atoms with van der Waals surface area (Å²) in [5, 5.41) is 14.2. The van der Waals surface area contributed by atoms with Gasteiger partial charge in [-0.2, -0.15) is 0 Å². The average molecular weight is 264 g/mol. The molecular weight excluding hydrogens is 244 g/mol. The Labute approximate surface area is 112 Å². The van der Waals surface area contributed by atoms with E-state index in [0.29, 0.717) is 30.9 Å². The summed E-state index contributed by atoms with van der Waals surface area (Å²) in [4.78, 5) is 0. The largest absolute Gasteiger partial charge is 0.469 e. The number of nitrogens with zero attached hydrogens (tertiary/aromatic N) is 2. The summed E-state index contributed by atoms with van der Waals surface area (Å²) in [6, 6.07) is 4.27. The van der Waals surface area contributed by atoms with Gasteiger partial charge in [-0.1, -0.05) is 18.9 Å². The second kappa shape index (κ2) is 6.94. The van der Waals surface area contributed by atoms with Crippen LogP contribution >= 0.6 is 0 Å². The Hall–Kier alpha value is -1.82. The summed E-state index contributed by atoms with van der Waals surface area (Å²) in [6.45, 7) is 6.55. The van der Waals surface area contributed by atoms with Gasteiger partial charge in [-0.25, -0.2) is 0 Å². The maximum Gasteiger partial charge on any atom is 0.315 e. The maximum absolute atomic E-state index is 5.46. The zero-order valence-electron chi connectivity index (χ0n) is 11.3. The molecule has 0 amide bonds. The normalized spacial score (nSPS) is 11.1. The molecule has 0 saturated carbocycles. The molecule has 0 aliphatic heterocycles. The van der Waals surface area contributed by atoms with Gasteiger partial charge in [0.1, 0.15) is 5.76 Å². The summed E-state index contributed by atoms with van der Waals surface area (Å²) in [5.74, 6) is 2.14. The van der Waals surface area contributed by atoms with Crippen LogP contribution in [0.25, 0.3) is 0 Å². The summed E-state index contributed by atoms with van der Waals surface area (Å²) in [5.41, 5.74) is 0. The quantitative estimate of drug-likeness (QED) is 0.760. The molecule has 0 aliphatic carbocycles. The van der Waals surface area contributed by atoms with Crippen LogP contribution < -0.4 is 10.6 Å². The third kappa shape index (κ3) is 4.75. The van der Waals surface area contributed by atoms with Gasteiger partial charge in [0.2, 0.25) is 5.89 Å². The Bertz CT molecular complexity index is 465. The minimum atomic E-state index is 0.452. The molecule has 2 heterocycles. The van der Waals surface area contributed by atoms with Gasteiger partial charge >= 0.3 is 6.01 Å². The van der Waals surface area contributed by atoms with Gasteiger partial charge in [-0.15, -0.1) is 5.10 Å². The van der Waals surface area contributed by atoms with Crippen LogP contribution in [0.5, 0.6) is 0 Å². The SMILES string of the molecule is CC(C)CNCc1nnc(NCCc2ccco2)o1. The molecule has 2 N–H and O–H groups in total. The molecule has 0 atom stereocenters. The van der Waals surface area contributed by atoms with Crippen LogP contribution in [0.1, 0.15) is 25.5 Å². The Morgan fingerprint density at radius 1 is 1.32 bits per heavy atom. The van der Waals surface area contributed by atoms with Crippen LogP contribution in [0.4, 0.5) is 6.01 Å². The van der Waals surface area contributed by atoms with Gasteiger partial charge < -0.3 is 19.5 Å². The topological polar surface area (TPSA) is 76.1 Å². The van der Waals surface area contributed by atoms with Crippen LogP contribution in [0.15, 0.2) is 27.2 Å². The molecular formula is C13H20N4O2. The fourth-order valence-electron chi connectivity index (χ4n) is 1.61. The first-order valence-electron chi connectivity index (χ1n) is 6.53. The third-order valence-electron chi connectivity index (χ3n) is 2.52. The van der Waals surface area contributed by atoms with Crippen molar-refractivity contribution in [2.24, 2.45) is 5.92 Å². The minimum absolute atomic E-state index is 0.452. The predicted molar refractivity (Wildman–Crippen MR) is 71.7 cm³/mol. The van der Waals surface area contributed by atoms with E-state index in [1.54, 1.807) is 6.26 Å². The molecule has 6 heteroatoms. The number of hydrogen-bond acceptors (Lipinski definition) is 6. The van der Waals surface area contributed by atoms with E-state index >= 15 is 0 Å². The van der Waals surface area contributed by atoms with E-state index in [-0.39, 0.29) is 0 Å². The van der Waals surface area contributed by atoms with Crippen molar-refractivity contribution in [1.82, 2.24) is 15.5 Å².